The van der Waals surface area contributed by atoms with Crippen molar-refractivity contribution in [1.29, 1.82) is 0 Å². The summed E-state index contributed by atoms with van der Waals surface area (Å²) in [4.78, 5) is 22.5. The van der Waals surface area contributed by atoms with Gasteiger partial charge in [0.25, 0.3) is 0 Å². The lowest BCUT2D eigenvalue weighted by molar-refractivity contribution is -0.385. The van der Waals surface area contributed by atoms with Crippen LogP contribution in [0.5, 0.6) is 5.75 Å². The van der Waals surface area contributed by atoms with E-state index in [1.54, 1.807) is 6.07 Å². The summed E-state index contributed by atoms with van der Waals surface area (Å²) in [6.07, 6.45) is 1.15. The van der Waals surface area contributed by atoms with Crippen LogP contribution in [0.15, 0.2) is 48.7 Å². The Hall–Kier alpha value is -3.62. The summed E-state index contributed by atoms with van der Waals surface area (Å²) in [5, 5.41) is 14.9. The van der Waals surface area contributed by atoms with E-state index in [0.717, 1.165) is 24.4 Å². The maximum atomic E-state index is 13.9. The van der Waals surface area contributed by atoms with E-state index in [1.165, 1.54) is 29.8 Å². The normalized spacial score (nSPS) is 10.6. The molecule has 0 bridgehead atoms. The predicted molar refractivity (Wildman–Crippen MR) is 86.3 cm³/mol. The van der Waals surface area contributed by atoms with Gasteiger partial charge < -0.3 is 4.74 Å². The highest BCUT2D eigenvalue weighted by molar-refractivity contribution is 5.92. The zero-order valence-corrected chi connectivity index (χ0v) is 13.3. The summed E-state index contributed by atoms with van der Waals surface area (Å²) in [6.45, 7) is 1.51. The van der Waals surface area contributed by atoms with Gasteiger partial charge in [-0.25, -0.2) is 18.3 Å². The molecule has 0 amide bonds. The fourth-order valence-electron chi connectivity index (χ4n) is 2.35. The molecule has 0 fully saturated rings. The number of hydrogen-bond acceptors (Lipinski definition) is 5. The number of nitro groups is 1. The van der Waals surface area contributed by atoms with Crippen molar-refractivity contribution in [2.75, 3.05) is 0 Å². The second kappa shape index (κ2) is 6.71. The van der Waals surface area contributed by atoms with Crippen molar-refractivity contribution in [1.82, 2.24) is 9.78 Å². The minimum atomic E-state index is -0.973. The van der Waals surface area contributed by atoms with Gasteiger partial charge in [0, 0.05) is 12.1 Å². The minimum absolute atomic E-state index is 0.0354. The van der Waals surface area contributed by atoms with Crippen molar-refractivity contribution >= 4 is 11.7 Å². The van der Waals surface area contributed by atoms with Gasteiger partial charge in [0.15, 0.2) is 0 Å². The molecule has 2 aromatic carbocycles. The van der Waals surface area contributed by atoms with Crippen LogP contribution in [0.2, 0.25) is 0 Å². The molecule has 0 radical (unpaired) electrons. The molecule has 0 atom stereocenters. The summed E-state index contributed by atoms with van der Waals surface area (Å²) in [5.41, 5.74) is -0.203. The first kappa shape index (κ1) is 17.2. The molecule has 0 saturated heterocycles. The number of rotatable bonds is 4. The minimum Gasteiger partial charge on any atom is -0.415 e. The first-order chi connectivity index (χ1) is 12.4. The highest BCUT2D eigenvalue weighted by Crippen LogP contribution is 2.28. The zero-order valence-electron chi connectivity index (χ0n) is 13.3. The molecule has 3 aromatic rings. The lowest BCUT2D eigenvalue weighted by Gasteiger charge is -2.07. The molecule has 26 heavy (non-hydrogen) atoms. The van der Waals surface area contributed by atoms with Crippen molar-refractivity contribution < 1.29 is 23.2 Å². The molecule has 0 aliphatic carbocycles. The van der Waals surface area contributed by atoms with E-state index in [9.17, 15) is 23.7 Å². The lowest BCUT2D eigenvalue weighted by Crippen LogP contribution is -2.11. The number of benzene rings is 2. The maximum absolute atomic E-state index is 13.9. The number of nitrogens with zero attached hydrogens (tertiary/aromatic N) is 3. The topological polar surface area (TPSA) is 87.3 Å². The fraction of sp³-hybridized carbons (Fsp3) is 0.0588. The summed E-state index contributed by atoms with van der Waals surface area (Å²) in [6, 6.07) is 8.35. The van der Waals surface area contributed by atoms with Crippen LogP contribution in [-0.4, -0.2) is 20.7 Å². The van der Waals surface area contributed by atoms with E-state index in [1.807, 2.05) is 0 Å². The third-order valence-electron chi connectivity index (χ3n) is 3.63. The summed E-state index contributed by atoms with van der Waals surface area (Å²) in [7, 11) is 0. The lowest BCUT2D eigenvalue weighted by atomic mass is 10.2. The first-order valence-electron chi connectivity index (χ1n) is 7.34. The van der Waals surface area contributed by atoms with E-state index >= 15 is 0 Å². The van der Waals surface area contributed by atoms with E-state index in [-0.39, 0.29) is 16.9 Å². The molecule has 132 valence electrons. The van der Waals surface area contributed by atoms with Gasteiger partial charge in [-0.15, -0.1) is 0 Å². The van der Waals surface area contributed by atoms with Gasteiger partial charge in [0.05, 0.1) is 16.8 Å². The Morgan fingerprint density at radius 1 is 1.23 bits per heavy atom. The Morgan fingerprint density at radius 3 is 2.65 bits per heavy atom. The quantitative estimate of drug-likeness (QED) is 0.307. The Balaban J connectivity index is 1.95. The molecule has 7 nitrogen and oxygen atoms in total. The van der Waals surface area contributed by atoms with E-state index in [0.29, 0.717) is 0 Å². The number of halogens is 2. The molecule has 0 N–H and O–H groups in total. The van der Waals surface area contributed by atoms with Crippen LogP contribution in [0.25, 0.3) is 5.69 Å². The molecule has 0 spiro atoms. The van der Waals surface area contributed by atoms with Crippen LogP contribution in [0, 0.1) is 28.7 Å². The first-order valence-corrected chi connectivity index (χ1v) is 7.34. The third kappa shape index (κ3) is 3.14. The van der Waals surface area contributed by atoms with Gasteiger partial charge >= 0.3 is 11.7 Å². The number of carbonyl (C=O) groups is 1. The number of hydrogen-bond donors (Lipinski definition) is 0. The maximum Gasteiger partial charge on any atom is 0.347 e. The number of nitro benzene ring substituents is 1. The van der Waals surface area contributed by atoms with Crippen LogP contribution in [0.3, 0.4) is 0 Å². The SMILES string of the molecule is Cc1c(C(=O)Oc2cc(F)ccc2[N+](=O)[O-])cnn1-c1ccccc1F. The average molecular weight is 359 g/mol. The standard InChI is InChI=1S/C17H11F2N3O4/c1-10-12(9-20-21(10)14-5-3-2-4-13(14)19)17(23)26-16-8-11(18)6-7-15(16)22(24)25/h2-9H,1H3. The van der Waals surface area contributed by atoms with Gasteiger partial charge in [-0.2, -0.15) is 5.10 Å². The molecular formula is C17H11F2N3O4. The van der Waals surface area contributed by atoms with Crippen LogP contribution in [-0.2, 0) is 0 Å². The molecule has 0 saturated carbocycles. The molecule has 0 aliphatic heterocycles. The number of esters is 1. The van der Waals surface area contributed by atoms with Gasteiger partial charge in [-0.1, -0.05) is 12.1 Å². The summed E-state index contributed by atoms with van der Waals surface area (Å²) >= 11 is 0. The number of aromatic nitrogens is 2. The van der Waals surface area contributed by atoms with Crippen LogP contribution in [0.1, 0.15) is 16.1 Å². The van der Waals surface area contributed by atoms with E-state index in [4.69, 9.17) is 4.74 Å². The number of ether oxygens (including phenoxy) is 1. The Kier molecular flexibility index (Phi) is 4.44. The second-order valence-electron chi connectivity index (χ2n) is 5.27. The monoisotopic (exact) mass is 359 g/mol. The van der Waals surface area contributed by atoms with Gasteiger partial charge in [-0.3, -0.25) is 10.1 Å². The van der Waals surface area contributed by atoms with Gasteiger partial charge in [0.1, 0.15) is 22.9 Å². The molecular weight excluding hydrogens is 348 g/mol. The number of carbonyl (C=O) groups excluding carboxylic acids is 1. The Morgan fingerprint density at radius 2 is 1.96 bits per heavy atom. The molecule has 3 rings (SSSR count). The highest BCUT2D eigenvalue weighted by atomic mass is 19.1. The molecule has 0 aliphatic rings. The molecule has 1 aromatic heterocycles. The molecule has 1 heterocycles. The van der Waals surface area contributed by atoms with Gasteiger partial charge in [-0.05, 0) is 25.1 Å². The summed E-state index contributed by atoms with van der Waals surface area (Å²) in [5.74, 6) is -2.84. The predicted octanol–water partition coefficient (Wildman–Crippen LogP) is 3.59. The van der Waals surface area contributed by atoms with Crippen molar-refractivity contribution in [2.45, 2.75) is 6.92 Å². The largest absolute Gasteiger partial charge is 0.415 e. The average Bonchev–Trinajstić information content (AvgIpc) is 2.96. The van der Waals surface area contributed by atoms with Crippen molar-refractivity contribution in [3.63, 3.8) is 0 Å². The van der Waals surface area contributed by atoms with Crippen LogP contribution < -0.4 is 4.74 Å². The van der Waals surface area contributed by atoms with E-state index < -0.39 is 34.0 Å². The number of para-hydroxylation sites is 1. The smallest absolute Gasteiger partial charge is 0.347 e. The summed E-state index contributed by atoms with van der Waals surface area (Å²) < 4.78 is 33.4. The molecule has 9 heteroatoms. The van der Waals surface area contributed by atoms with Crippen molar-refractivity contribution in [3.8, 4) is 11.4 Å². The van der Waals surface area contributed by atoms with Gasteiger partial charge in [0.2, 0.25) is 5.75 Å². The van der Waals surface area contributed by atoms with Crippen LogP contribution >= 0.6 is 0 Å². The Bertz CT molecular complexity index is 1020. The third-order valence-corrected chi connectivity index (χ3v) is 3.63. The Labute approximate surface area is 145 Å². The second-order valence-corrected chi connectivity index (χ2v) is 5.27. The zero-order chi connectivity index (χ0) is 18.8. The van der Waals surface area contributed by atoms with E-state index in [2.05, 4.69) is 5.10 Å². The van der Waals surface area contributed by atoms with Crippen molar-refractivity contribution in [2.24, 2.45) is 0 Å². The van der Waals surface area contributed by atoms with Crippen molar-refractivity contribution in [3.05, 3.63) is 81.7 Å². The fourth-order valence-corrected chi connectivity index (χ4v) is 2.35. The van der Waals surface area contributed by atoms with Crippen LogP contribution in [0.4, 0.5) is 14.5 Å². The molecule has 0 unspecified atom stereocenters. The highest BCUT2D eigenvalue weighted by Gasteiger charge is 2.23.